The Morgan fingerprint density at radius 1 is 1.56 bits per heavy atom. The second-order valence-electron chi connectivity index (χ2n) is 3.37. The fourth-order valence-electron chi connectivity index (χ4n) is 1.33. The molecule has 0 unspecified atom stereocenters. The van der Waals surface area contributed by atoms with E-state index in [0.29, 0.717) is 21.7 Å². The normalized spacial score (nSPS) is 11.7. The van der Waals surface area contributed by atoms with Crippen LogP contribution in [0.2, 0.25) is 5.02 Å². The number of anilines is 1. The number of rotatable bonds is 3. The number of hydrogen-bond acceptors (Lipinski definition) is 6. The summed E-state index contributed by atoms with van der Waals surface area (Å²) >= 11 is 7.01. The molecule has 0 aliphatic heterocycles. The second kappa shape index (κ2) is 5.15. The van der Waals surface area contributed by atoms with E-state index in [1.54, 1.807) is 12.1 Å². The molecule has 4 N–H and O–H groups in total. The molecular weight excluding hydrogens is 278 g/mol. The van der Waals surface area contributed by atoms with E-state index in [-0.39, 0.29) is 12.3 Å². The van der Waals surface area contributed by atoms with Crippen LogP contribution in [0.25, 0.3) is 11.0 Å². The van der Waals surface area contributed by atoms with Crippen molar-refractivity contribution in [1.82, 2.24) is 8.75 Å². The Labute approximate surface area is 111 Å². The minimum absolute atomic E-state index is 0.188. The lowest BCUT2D eigenvalue weighted by Gasteiger charge is -2.06. The molecule has 0 spiro atoms. The summed E-state index contributed by atoms with van der Waals surface area (Å²) < 4.78 is 8.09. The summed E-state index contributed by atoms with van der Waals surface area (Å²) in [5.74, 6) is -0.639. The van der Waals surface area contributed by atoms with E-state index in [4.69, 9.17) is 22.5 Å². The van der Waals surface area contributed by atoms with Gasteiger partial charge in [0, 0.05) is 0 Å². The number of oxime groups is 1. The van der Waals surface area contributed by atoms with Crippen LogP contribution in [-0.4, -0.2) is 25.7 Å². The molecule has 9 heteroatoms. The van der Waals surface area contributed by atoms with Gasteiger partial charge in [-0.3, -0.25) is 4.79 Å². The van der Waals surface area contributed by atoms with Gasteiger partial charge in [-0.15, -0.1) is 0 Å². The van der Waals surface area contributed by atoms with Crippen LogP contribution in [0.15, 0.2) is 17.3 Å². The fraction of sp³-hybridized carbons (Fsp3) is 0.111. The van der Waals surface area contributed by atoms with Crippen LogP contribution in [0.3, 0.4) is 0 Å². The van der Waals surface area contributed by atoms with E-state index in [1.165, 1.54) is 0 Å². The Balaban J connectivity index is 2.28. The summed E-state index contributed by atoms with van der Waals surface area (Å²) in [5, 5.41) is 14.0. The van der Waals surface area contributed by atoms with Gasteiger partial charge in [0.2, 0.25) is 5.91 Å². The van der Waals surface area contributed by atoms with Crippen LogP contribution < -0.4 is 11.1 Å². The SMILES string of the molecule is NC(CC(=O)Nc1c(Cl)ccc2nsnc12)=NO. The third kappa shape index (κ3) is 2.49. The molecule has 1 heterocycles. The Morgan fingerprint density at radius 2 is 2.33 bits per heavy atom. The van der Waals surface area contributed by atoms with Gasteiger partial charge in [-0.25, -0.2) is 0 Å². The lowest BCUT2D eigenvalue weighted by molar-refractivity contribution is -0.115. The van der Waals surface area contributed by atoms with E-state index < -0.39 is 5.91 Å². The number of nitrogens with two attached hydrogens (primary N) is 1. The number of benzene rings is 1. The summed E-state index contributed by atoms with van der Waals surface area (Å²) in [6.07, 6.45) is -0.235. The average molecular weight is 286 g/mol. The van der Waals surface area contributed by atoms with Gasteiger partial charge in [0.25, 0.3) is 0 Å². The van der Waals surface area contributed by atoms with Crippen LogP contribution in [0, 0.1) is 0 Å². The third-order valence-corrected chi connectivity index (χ3v) is 2.97. The molecule has 2 aromatic rings. The highest BCUT2D eigenvalue weighted by atomic mass is 35.5. The number of nitrogens with one attached hydrogen (secondary N) is 1. The standard InChI is InChI=1S/C9H8ClN5O2S/c10-4-1-2-5-9(15-18-14-5)8(4)12-7(16)3-6(11)13-17/h1-2,17H,3H2,(H2,11,13)(H,12,16). The number of amidine groups is 1. The molecule has 2 rings (SSSR count). The van der Waals surface area contributed by atoms with Crippen molar-refractivity contribution in [1.29, 1.82) is 0 Å². The van der Waals surface area contributed by atoms with Gasteiger partial charge in [-0.2, -0.15) is 8.75 Å². The summed E-state index contributed by atoms with van der Waals surface area (Å²) in [5.41, 5.74) is 6.77. The Bertz CT molecular complexity index is 626. The predicted octanol–water partition coefficient (Wildman–Crippen LogP) is 1.42. The smallest absolute Gasteiger partial charge is 0.232 e. The highest BCUT2D eigenvalue weighted by Gasteiger charge is 2.13. The maximum atomic E-state index is 11.6. The zero-order valence-electron chi connectivity index (χ0n) is 8.92. The van der Waals surface area contributed by atoms with Crippen LogP contribution in [0.4, 0.5) is 5.69 Å². The van der Waals surface area contributed by atoms with E-state index in [2.05, 4.69) is 19.2 Å². The molecule has 0 saturated carbocycles. The molecule has 18 heavy (non-hydrogen) atoms. The maximum absolute atomic E-state index is 11.6. The largest absolute Gasteiger partial charge is 0.409 e. The molecule has 0 bridgehead atoms. The average Bonchev–Trinajstić information content (AvgIpc) is 2.81. The van der Waals surface area contributed by atoms with Crippen LogP contribution in [-0.2, 0) is 4.79 Å². The number of fused-ring (bicyclic) bond motifs is 1. The highest BCUT2D eigenvalue weighted by molar-refractivity contribution is 7.00. The summed E-state index contributed by atoms with van der Waals surface area (Å²) in [7, 11) is 0. The first-order valence-corrected chi connectivity index (χ1v) is 5.89. The maximum Gasteiger partial charge on any atom is 0.232 e. The summed E-state index contributed by atoms with van der Waals surface area (Å²) in [4.78, 5) is 11.6. The third-order valence-electron chi connectivity index (χ3n) is 2.11. The quantitative estimate of drug-likeness (QED) is 0.341. The number of nitrogens with zero attached hydrogens (tertiary/aromatic N) is 3. The van der Waals surface area contributed by atoms with Gasteiger partial charge in [0.1, 0.15) is 16.9 Å². The molecule has 0 aliphatic carbocycles. The summed E-state index contributed by atoms with van der Waals surface area (Å²) in [6.45, 7) is 0. The Morgan fingerprint density at radius 3 is 3.06 bits per heavy atom. The van der Waals surface area contributed by atoms with Crippen molar-refractivity contribution in [2.24, 2.45) is 10.9 Å². The van der Waals surface area contributed by atoms with Crippen molar-refractivity contribution in [2.75, 3.05) is 5.32 Å². The van der Waals surface area contributed by atoms with Crippen LogP contribution >= 0.6 is 23.3 Å². The van der Waals surface area contributed by atoms with Crippen LogP contribution in [0.1, 0.15) is 6.42 Å². The molecule has 0 fully saturated rings. The van der Waals surface area contributed by atoms with Crippen molar-refractivity contribution in [3.05, 3.63) is 17.2 Å². The Hall–Kier alpha value is -1.93. The van der Waals surface area contributed by atoms with Crippen molar-refractivity contribution in [2.45, 2.75) is 6.42 Å². The highest BCUT2D eigenvalue weighted by Crippen LogP contribution is 2.29. The molecule has 1 aromatic carbocycles. The van der Waals surface area contributed by atoms with E-state index in [9.17, 15) is 4.79 Å². The first-order valence-electron chi connectivity index (χ1n) is 4.79. The van der Waals surface area contributed by atoms with E-state index >= 15 is 0 Å². The molecule has 1 amide bonds. The first kappa shape index (κ1) is 12.5. The molecule has 0 saturated heterocycles. The zero-order valence-corrected chi connectivity index (χ0v) is 10.5. The number of carbonyl (C=O) groups excluding carboxylic acids is 1. The van der Waals surface area contributed by atoms with Crippen molar-refractivity contribution >= 4 is 51.8 Å². The summed E-state index contributed by atoms with van der Waals surface area (Å²) in [6, 6.07) is 3.32. The number of hydrogen-bond donors (Lipinski definition) is 3. The van der Waals surface area contributed by atoms with Gasteiger partial charge in [0.15, 0.2) is 0 Å². The number of carbonyl (C=O) groups is 1. The fourth-order valence-corrected chi connectivity index (χ4v) is 2.07. The molecular formula is C9H8ClN5O2S. The van der Waals surface area contributed by atoms with Gasteiger partial charge >= 0.3 is 0 Å². The lowest BCUT2D eigenvalue weighted by Crippen LogP contribution is -2.22. The zero-order chi connectivity index (χ0) is 13.1. The molecule has 0 atom stereocenters. The number of halogens is 1. The topological polar surface area (TPSA) is 113 Å². The first-order chi connectivity index (χ1) is 8.61. The lowest BCUT2D eigenvalue weighted by atomic mass is 10.2. The molecule has 94 valence electrons. The van der Waals surface area contributed by atoms with Crippen molar-refractivity contribution in [3.63, 3.8) is 0 Å². The van der Waals surface area contributed by atoms with Crippen molar-refractivity contribution in [3.8, 4) is 0 Å². The van der Waals surface area contributed by atoms with Gasteiger partial charge in [-0.1, -0.05) is 16.8 Å². The van der Waals surface area contributed by atoms with Crippen LogP contribution in [0.5, 0.6) is 0 Å². The van der Waals surface area contributed by atoms with Crippen molar-refractivity contribution < 1.29 is 10.0 Å². The number of amides is 1. The Kier molecular flexibility index (Phi) is 3.58. The number of aromatic nitrogens is 2. The van der Waals surface area contributed by atoms with Gasteiger partial charge < -0.3 is 16.3 Å². The monoisotopic (exact) mass is 285 g/mol. The molecule has 0 aliphatic rings. The minimum atomic E-state index is -0.451. The molecule has 0 radical (unpaired) electrons. The molecule has 1 aromatic heterocycles. The predicted molar refractivity (Wildman–Crippen MR) is 69.1 cm³/mol. The minimum Gasteiger partial charge on any atom is -0.409 e. The molecule has 7 nitrogen and oxygen atoms in total. The second-order valence-corrected chi connectivity index (χ2v) is 4.31. The van der Waals surface area contributed by atoms with E-state index in [1.807, 2.05) is 0 Å². The van der Waals surface area contributed by atoms with E-state index in [0.717, 1.165) is 11.7 Å². The van der Waals surface area contributed by atoms with Gasteiger partial charge in [0.05, 0.1) is 28.9 Å². The van der Waals surface area contributed by atoms with Gasteiger partial charge in [-0.05, 0) is 12.1 Å².